The van der Waals surface area contributed by atoms with Crippen LogP contribution in [0.5, 0.6) is 0 Å². The van der Waals surface area contributed by atoms with Crippen LogP contribution in [0, 0.1) is 0 Å². The molecular formula is C18H15AsF6S-2. The summed E-state index contributed by atoms with van der Waals surface area (Å²) in [7, 11) is -0.0146. The SMILES string of the molecule is [As+3].[F-].[F-].[F-].[F-].[F-].[F-].c1ccc([S+](c2ccccc2)c2ccccc2)cc1. The molecule has 0 N–H and O–H groups in total. The first-order valence-electron chi connectivity index (χ1n) is 6.34. The van der Waals surface area contributed by atoms with Gasteiger partial charge in [-0.05, 0) is 36.4 Å². The molecule has 3 aromatic carbocycles. The Hall–Kier alpha value is -1.85. The largest absolute Gasteiger partial charge is 3.00 e. The van der Waals surface area contributed by atoms with Gasteiger partial charge >= 0.3 is 18.0 Å². The van der Waals surface area contributed by atoms with Crippen LogP contribution in [0.25, 0.3) is 0 Å². The Morgan fingerprint density at radius 1 is 0.346 bits per heavy atom. The second-order valence-corrected chi connectivity index (χ2v) is 6.27. The molecule has 8 heteroatoms. The van der Waals surface area contributed by atoms with Crippen LogP contribution in [-0.4, -0.2) is 18.0 Å². The molecule has 2 radical (unpaired) electrons. The third kappa shape index (κ3) is 8.49. The maximum Gasteiger partial charge on any atom is 3.00 e. The van der Waals surface area contributed by atoms with Crippen molar-refractivity contribution in [2.45, 2.75) is 14.7 Å². The smallest absolute Gasteiger partial charge is 1.00 e. The molecule has 0 unspecified atom stereocenters. The van der Waals surface area contributed by atoms with Crippen LogP contribution >= 0.6 is 0 Å². The van der Waals surface area contributed by atoms with Crippen molar-refractivity contribution in [1.29, 1.82) is 0 Å². The molecule has 0 fully saturated rings. The number of hydrogen-bond acceptors (Lipinski definition) is 0. The normalized spacial score (nSPS) is 7.73. The van der Waals surface area contributed by atoms with E-state index in [4.69, 9.17) is 0 Å². The molecule has 0 amide bonds. The Bertz CT molecular complexity index is 550. The molecule has 0 atom stereocenters. The molecule has 0 heterocycles. The van der Waals surface area contributed by atoms with Crippen molar-refractivity contribution in [1.82, 2.24) is 0 Å². The summed E-state index contributed by atoms with van der Waals surface area (Å²) in [6.45, 7) is 0. The summed E-state index contributed by atoms with van der Waals surface area (Å²) in [4.78, 5) is 4.08. The molecule has 0 aliphatic rings. The van der Waals surface area contributed by atoms with Crippen LogP contribution < -0.4 is 28.2 Å². The van der Waals surface area contributed by atoms with Crippen molar-refractivity contribution in [2.24, 2.45) is 0 Å². The first kappa shape index (κ1) is 35.3. The quantitative estimate of drug-likeness (QED) is 0.211. The summed E-state index contributed by atoms with van der Waals surface area (Å²) in [5, 5.41) is 0. The Morgan fingerprint density at radius 3 is 0.731 bits per heavy atom. The Kier molecular flexibility index (Phi) is 24.4. The monoisotopic (exact) mass is 452 g/mol. The summed E-state index contributed by atoms with van der Waals surface area (Å²) >= 11 is 0. The third-order valence-corrected chi connectivity index (χ3v) is 5.17. The van der Waals surface area contributed by atoms with Crippen molar-refractivity contribution >= 4 is 28.8 Å². The van der Waals surface area contributed by atoms with E-state index in [0.29, 0.717) is 0 Å². The average molecular weight is 452 g/mol. The molecule has 0 aliphatic heterocycles. The van der Waals surface area contributed by atoms with Gasteiger partial charge in [-0.25, -0.2) is 0 Å². The molecule has 3 rings (SSSR count). The molecule has 0 spiro atoms. The van der Waals surface area contributed by atoms with Crippen molar-refractivity contribution in [2.75, 3.05) is 0 Å². The van der Waals surface area contributed by atoms with E-state index >= 15 is 0 Å². The fraction of sp³-hybridized carbons (Fsp3) is 0. The van der Waals surface area contributed by atoms with Crippen LogP contribution in [0.4, 0.5) is 0 Å². The average Bonchev–Trinajstić information content (AvgIpc) is 2.51. The molecular weight excluding hydrogens is 437 g/mol. The van der Waals surface area contributed by atoms with Crippen LogP contribution in [0.15, 0.2) is 106 Å². The third-order valence-electron chi connectivity index (χ3n) is 2.94. The van der Waals surface area contributed by atoms with Crippen molar-refractivity contribution in [3.63, 3.8) is 0 Å². The summed E-state index contributed by atoms with van der Waals surface area (Å²) in [5.41, 5.74) is 0. The van der Waals surface area contributed by atoms with E-state index in [0.717, 1.165) is 0 Å². The molecule has 142 valence electrons. The first-order valence-corrected chi connectivity index (χ1v) is 7.57. The van der Waals surface area contributed by atoms with Crippen LogP contribution in [0.1, 0.15) is 0 Å². The fourth-order valence-electron chi connectivity index (χ4n) is 2.08. The minimum Gasteiger partial charge on any atom is -1.00 e. The molecule has 0 saturated carbocycles. The molecule has 0 nitrogen and oxygen atoms in total. The minimum absolute atomic E-state index is 0. The second-order valence-electron chi connectivity index (χ2n) is 4.25. The van der Waals surface area contributed by atoms with E-state index in [9.17, 15) is 0 Å². The van der Waals surface area contributed by atoms with Gasteiger partial charge < -0.3 is 28.2 Å². The molecule has 0 aliphatic carbocycles. The Balaban J connectivity index is -0.000000210. The predicted molar refractivity (Wildman–Crippen MR) is 87.2 cm³/mol. The summed E-state index contributed by atoms with van der Waals surface area (Å²) in [6.07, 6.45) is 0. The number of rotatable bonds is 3. The van der Waals surface area contributed by atoms with E-state index in [-0.39, 0.29) is 57.1 Å². The van der Waals surface area contributed by atoms with Crippen LogP contribution in [0.3, 0.4) is 0 Å². The van der Waals surface area contributed by atoms with Gasteiger partial charge in [-0.15, -0.1) is 0 Å². The van der Waals surface area contributed by atoms with Gasteiger partial charge in [0.05, 0.1) is 10.9 Å². The molecule has 0 bridgehead atoms. The Morgan fingerprint density at radius 2 is 0.538 bits per heavy atom. The summed E-state index contributed by atoms with van der Waals surface area (Å²) < 4.78 is 0. The number of benzene rings is 3. The van der Waals surface area contributed by atoms with Crippen molar-refractivity contribution in [3.8, 4) is 0 Å². The molecule has 0 saturated heterocycles. The van der Waals surface area contributed by atoms with Crippen molar-refractivity contribution < 1.29 is 28.2 Å². The summed E-state index contributed by atoms with van der Waals surface area (Å²) in [5.74, 6) is 0. The summed E-state index contributed by atoms with van der Waals surface area (Å²) in [6, 6.07) is 32.2. The van der Waals surface area contributed by atoms with Gasteiger partial charge in [-0.3, -0.25) is 0 Å². The second kappa shape index (κ2) is 18.0. The number of hydrogen-bond donors (Lipinski definition) is 0. The van der Waals surface area contributed by atoms with Crippen LogP contribution in [-0.2, 0) is 10.9 Å². The fourth-order valence-corrected chi connectivity index (χ4v) is 4.18. The van der Waals surface area contributed by atoms with Crippen molar-refractivity contribution in [3.05, 3.63) is 91.0 Å². The molecule has 26 heavy (non-hydrogen) atoms. The van der Waals surface area contributed by atoms with Gasteiger partial charge in [0, 0.05) is 0 Å². The van der Waals surface area contributed by atoms with Gasteiger partial charge in [0.25, 0.3) is 0 Å². The maximum atomic E-state index is 2.21. The maximum absolute atomic E-state index is 2.21. The standard InChI is InChI=1S/C18H15S.As.6FH/c1-4-10-16(11-5-1)19(17-12-6-2-7-13-17)18-14-8-3-9-15-18;;;;;;;/h1-15H;;6*1H/q+1;+3;;;;;;/p-6. The zero-order chi connectivity index (χ0) is 12.9. The zero-order valence-electron chi connectivity index (χ0n) is 13.3. The minimum atomic E-state index is -0.0146. The first-order chi connectivity index (χ1) is 9.45. The van der Waals surface area contributed by atoms with Gasteiger partial charge in [-0.1, -0.05) is 54.6 Å². The number of halogens is 6. The Labute approximate surface area is 162 Å². The topological polar surface area (TPSA) is 0 Å². The van der Waals surface area contributed by atoms with Crippen LogP contribution in [0.2, 0.25) is 0 Å². The van der Waals surface area contributed by atoms with E-state index < -0.39 is 0 Å². The van der Waals surface area contributed by atoms with Gasteiger partial charge in [-0.2, -0.15) is 0 Å². The molecule has 3 aromatic rings. The van der Waals surface area contributed by atoms with E-state index in [1.165, 1.54) is 14.7 Å². The zero-order valence-corrected chi connectivity index (χ0v) is 16.0. The van der Waals surface area contributed by atoms with E-state index in [1.54, 1.807) is 0 Å². The predicted octanol–water partition coefficient (Wildman–Crippen LogP) is -13.6. The molecule has 0 aromatic heterocycles. The van der Waals surface area contributed by atoms with Gasteiger partial charge in [0.2, 0.25) is 0 Å². The van der Waals surface area contributed by atoms with E-state index in [2.05, 4.69) is 91.0 Å². The van der Waals surface area contributed by atoms with E-state index in [1.807, 2.05) is 0 Å². The van der Waals surface area contributed by atoms with Gasteiger partial charge in [0.1, 0.15) is 0 Å². The van der Waals surface area contributed by atoms with Gasteiger partial charge in [0.15, 0.2) is 14.7 Å².